The molecule has 26 heavy (non-hydrogen) atoms. The normalized spacial score (nSPS) is 14.9. The topological polar surface area (TPSA) is 71.3 Å². The lowest BCUT2D eigenvalue weighted by Gasteiger charge is -2.30. The summed E-state index contributed by atoms with van der Waals surface area (Å²) in [5, 5.41) is 7.38. The van der Waals surface area contributed by atoms with Crippen LogP contribution in [-0.2, 0) is 9.59 Å². The van der Waals surface area contributed by atoms with Gasteiger partial charge >= 0.3 is 0 Å². The molecular formula is C19H23N5O2. The minimum absolute atomic E-state index is 0.0281. The van der Waals surface area contributed by atoms with Crippen molar-refractivity contribution in [3.63, 3.8) is 0 Å². The number of aromatic nitrogens is 3. The fourth-order valence-corrected chi connectivity index (χ4v) is 3.15. The van der Waals surface area contributed by atoms with Gasteiger partial charge in [0, 0.05) is 30.3 Å². The summed E-state index contributed by atoms with van der Waals surface area (Å²) in [6, 6.07) is 6.09. The Labute approximate surface area is 152 Å². The molecule has 0 aliphatic carbocycles. The van der Waals surface area contributed by atoms with Gasteiger partial charge < -0.3 is 0 Å². The molecule has 0 saturated carbocycles. The van der Waals surface area contributed by atoms with Crippen LogP contribution in [0.4, 0.5) is 0 Å². The highest BCUT2D eigenvalue weighted by atomic mass is 16.2. The number of carbonyl (C=O) groups excluding carboxylic acids is 2. The van der Waals surface area contributed by atoms with Gasteiger partial charge in [-0.15, -0.1) is 5.10 Å². The minimum atomic E-state index is -0.243. The molecule has 7 nitrogen and oxygen atoms in total. The molecule has 1 saturated heterocycles. The van der Waals surface area contributed by atoms with Crippen molar-refractivity contribution >= 4 is 18.0 Å². The predicted molar refractivity (Wildman–Crippen MR) is 98.6 cm³/mol. The summed E-state index contributed by atoms with van der Waals surface area (Å²) in [4.78, 5) is 28.6. The molecule has 0 atom stereocenters. The molecule has 0 N–H and O–H groups in total. The second kappa shape index (κ2) is 7.11. The number of hydrogen-bond acceptors (Lipinski definition) is 4. The van der Waals surface area contributed by atoms with Gasteiger partial charge in [-0.1, -0.05) is 17.2 Å². The van der Waals surface area contributed by atoms with Crippen LogP contribution in [0.3, 0.4) is 0 Å². The molecule has 2 amide bonds. The number of nitrogens with zero attached hydrogens (tertiary/aromatic N) is 5. The average Bonchev–Trinajstić information content (AvgIpc) is 3.18. The van der Waals surface area contributed by atoms with Crippen LogP contribution >= 0.6 is 0 Å². The van der Waals surface area contributed by atoms with Crippen molar-refractivity contribution in [1.29, 1.82) is 0 Å². The van der Waals surface area contributed by atoms with Crippen LogP contribution in [-0.4, -0.2) is 49.2 Å². The van der Waals surface area contributed by atoms with Crippen molar-refractivity contribution in [1.82, 2.24) is 24.8 Å². The smallest absolute Gasteiger partial charge is 0.266 e. The number of carbonyl (C=O) groups is 2. The quantitative estimate of drug-likeness (QED) is 0.792. The van der Waals surface area contributed by atoms with Gasteiger partial charge in [-0.2, -0.15) is 0 Å². The molecule has 2 aromatic rings. The second-order valence-electron chi connectivity index (χ2n) is 6.78. The van der Waals surface area contributed by atoms with Crippen LogP contribution < -0.4 is 0 Å². The van der Waals surface area contributed by atoms with E-state index in [2.05, 4.69) is 16.1 Å². The molecule has 0 bridgehead atoms. The maximum atomic E-state index is 12.4. The SMILES string of the molecule is Cc1cc(C)cc(-c2ncn(/C=C\C(=O)N3CCC(=O)N3C(C)C)n2)c1. The maximum Gasteiger partial charge on any atom is 0.266 e. The molecule has 0 unspecified atom stereocenters. The zero-order valence-electron chi connectivity index (χ0n) is 15.5. The van der Waals surface area contributed by atoms with E-state index in [9.17, 15) is 9.59 Å². The van der Waals surface area contributed by atoms with E-state index in [-0.39, 0.29) is 17.9 Å². The Hall–Kier alpha value is -2.96. The van der Waals surface area contributed by atoms with Gasteiger partial charge in [-0.25, -0.2) is 19.7 Å². The molecule has 7 heteroatoms. The highest BCUT2D eigenvalue weighted by Gasteiger charge is 2.33. The van der Waals surface area contributed by atoms with Gasteiger partial charge in [0.05, 0.1) is 6.54 Å². The second-order valence-corrected chi connectivity index (χ2v) is 6.78. The molecule has 3 rings (SSSR count). The summed E-state index contributed by atoms with van der Waals surface area (Å²) >= 11 is 0. The summed E-state index contributed by atoms with van der Waals surface area (Å²) in [5.74, 6) is 0.335. The van der Waals surface area contributed by atoms with Gasteiger partial charge in [0.1, 0.15) is 6.33 Å². The number of benzene rings is 1. The first-order valence-electron chi connectivity index (χ1n) is 8.66. The highest BCUT2D eigenvalue weighted by molar-refractivity contribution is 5.93. The molecule has 1 aliphatic heterocycles. The minimum Gasteiger partial charge on any atom is -0.273 e. The number of rotatable bonds is 4. The van der Waals surface area contributed by atoms with E-state index in [4.69, 9.17) is 0 Å². The molecule has 1 fully saturated rings. The van der Waals surface area contributed by atoms with Crippen LogP contribution in [0.1, 0.15) is 31.4 Å². The monoisotopic (exact) mass is 353 g/mol. The van der Waals surface area contributed by atoms with E-state index in [1.807, 2.05) is 39.8 Å². The van der Waals surface area contributed by atoms with Gasteiger partial charge in [-0.05, 0) is 39.8 Å². The van der Waals surface area contributed by atoms with Crippen molar-refractivity contribution in [2.45, 2.75) is 40.2 Å². The summed E-state index contributed by atoms with van der Waals surface area (Å²) < 4.78 is 1.50. The molecule has 2 heterocycles. The average molecular weight is 353 g/mol. The third-order valence-electron chi connectivity index (χ3n) is 4.15. The van der Waals surface area contributed by atoms with Crippen LogP contribution in [0.15, 0.2) is 30.6 Å². The van der Waals surface area contributed by atoms with Crippen LogP contribution in [0.5, 0.6) is 0 Å². The molecule has 136 valence electrons. The molecule has 0 spiro atoms. The van der Waals surface area contributed by atoms with E-state index in [1.54, 1.807) is 12.5 Å². The van der Waals surface area contributed by atoms with Crippen LogP contribution in [0.25, 0.3) is 17.6 Å². The zero-order valence-corrected chi connectivity index (χ0v) is 15.5. The first-order valence-corrected chi connectivity index (χ1v) is 8.66. The lowest BCUT2D eigenvalue weighted by Crippen LogP contribution is -2.46. The summed E-state index contributed by atoms with van der Waals surface area (Å²) in [5.41, 5.74) is 3.24. The van der Waals surface area contributed by atoms with Crippen molar-refractivity contribution in [2.75, 3.05) is 6.54 Å². The summed E-state index contributed by atoms with van der Waals surface area (Å²) in [6.45, 7) is 8.25. The van der Waals surface area contributed by atoms with Crippen LogP contribution in [0, 0.1) is 13.8 Å². The Morgan fingerprint density at radius 1 is 1.19 bits per heavy atom. The summed E-state index contributed by atoms with van der Waals surface area (Å²) in [7, 11) is 0. The number of amides is 2. The maximum absolute atomic E-state index is 12.4. The highest BCUT2D eigenvalue weighted by Crippen LogP contribution is 2.19. The lowest BCUT2D eigenvalue weighted by atomic mass is 10.1. The Morgan fingerprint density at radius 2 is 1.88 bits per heavy atom. The standard InChI is InChI=1S/C19H23N5O2/c1-13(2)24-18(26)6-8-23(24)17(25)5-7-22-12-20-19(21-22)16-10-14(3)9-15(4)11-16/h5,7,9-13H,6,8H2,1-4H3/b7-5-. The Morgan fingerprint density at radius 3 is 2.54 bits per heavy atom. The Kier molecular flexibility index (Phi) is 4.88. The number of aryl methyl sites for hydroxylation is 2. The molecule has 1 aromatic heterocycles. The predicted octanol–water partition coefficient (Wildman–Crippen LogP) is 2.42. The molecule has 0 radical (unpaired) electrons. The third-order valence-corrected chi connectivity index (χ3v) is 4.15. The van der Waals surface area contributed by atoms with Crippen molar-refractivity contribution in [3.05, 3.63) is 41.7 Å². The van der Waals surface area contributed by atoms with E-state index in [1.165, 1.54) is 20.8 Å². The molecular weight excluding hydrogens is 330 g/mol. The largest absolute Gasteiger partial charge is 0.273 e. The Bertz CT molecular complexity index is 848. The van der Waals surface area contributed by atoms with E-state index in [0.717, 1.165) is 16.7 Å². The number of hydrogen-bond donors (Lipinski definition) is 0. The van der Waals surface area contributed by atoms with E-state index in [0.29, 0.717) is 18.8 Å². The zero-order chi connectivity index (χ0) is 18.8. The first-order chi connectivity index (χ1) is 12.3. The lowest BCUT2D eigenvalue weighted by molar-refractivity contribution is -0.153. The van der Waals surface area contributed by atoms with E-state index < -0.39 is 0 Å². The van der Waals surface area contributed by atoms with Gasteiger partial charge in [0.25, 0.3) is 5.91 Å². The van der Waals surface area contributed by atoms with Crippen LogP contribution in [0.2, 0.25) is 0 Å². The van der Waals surface area contributed by atoms with Crippen molar-refractivity contribution in [2.24, 2.45) is 0 Å². The van der Waals surface area contributed by atoms with Crippen molar-refractivity contribution in [3.8, 4) is 11.4 Å². The summed E-state index contributed by atoms with van der Waals surface area (Å²) in [6.07, 6.45) is 4.89. The number of hydrazine groups is 1. The Balaban J connectivity index is 1.74. The van der Waals surface area contributed by atoms with Gasteiger partial charge in [0.15, 0.2) is 5.82 Å². The first kappa shape index (κ1) is 17.8. The van der Waals surface area contributed by atoms with Crippen molar-refractivity contribution < 1.29 is 9.59 Å². The van der Waals surface area contributed by atoms with Gasteiger partial charge in [0.2, 0.25) is 5.91 Å². The fraction of sp³-hybridized carbons (Fsp3) is 0.368. The molecule has 1 aliphatic rings. The third kappa shape index (κ3) is 3.66. The van der Waals surface area contributed by atoms with Gasteiger partial charge in [-0.3, -0.25) is 9.59 Å². The fourth-order valence-electron chi connectivity index (χ4n) is 3.15. The molecule has 1 aromatic carbocycles. The van der Waals surface area contributed by atoms with E-state index >= 15 is 0 Å².